The third-order valence-corrected chi connectivity index (χ3v) is 4.26. The minimum atomic E-state index is -0.254. The first-order valence-electron chi connectivity index (χ1n) is 8.59. The maximum atomic E-state index is 12.6. The maximum absolute atomic E-state index is 12.6. The second-order valence-electron chi connectivity index (χ2n) is 6.01. The van der Waals surface area contributed by atoms with Gasteiger partial charge >= 0.3 is 0 Å². The van der Waals surface area contributed by atoms with Gasteiger partial charge in [0.15, 0.2) is 0 Å². The number of anilines is 1. The van der Waals surface area contributed by atoms with Crippen LogP contribution in [0.3, 0.4) is 0 Å². The first kappa shape index (κ1) is 17.8. The van der Waals surface area contributed by atoms with Crippen LogP contribution in [-0.4, -0.2) is 38.1 Å². The van der Waals surface area contributed by atoms with E-state index in [1.165, 1.54) is 0 Å². The zero-order valence-corrected chi connectivity index (χ0v) is 14.9. The van der Waals surface area contributed by atoms with E-state index in [1.807, 2.05) is 37.3 Å². The Balaban J connectivity index is 1.70. The van der Waals surface area contributed by atoms with Crippen LogP contribution in [-0.2, 0) is 4.79 Å². The van der Waals surface area contributed by atoms with Crippen LogP contribution in [0.1, 0.15) is 23.7 Å². The van der Waals surface area contributed by atoms with Crippen LogP contribution in [0.15, 0.2) is 48.5 Å². The zero-order chi connectivity index (χ0) is 18.5. The van der Waals surface area contributed by atoms with Gasteiger partial charge in [-0.25, -0.2) is 0 Å². The van der Waals surface area contributed by atoms with Crippen LogP contribution in [0.4, 0.5) is 5.69 Å². The Morgan fingerprint density at radius 3 is 2.81 bits per heavy atom. The summed E-state index contributed by atoms with van der Waals surface area (Å²) in [6, 6.07) is 14.2. The number of nitrogens with one attached hydrogen (secondary N) is 1. The number of hydrogen-bond donors (Lipinski definition) is 1. The Hall–Kier alpha value is -3.02. The summed E-state index contributed by atoms with van der Waals surface area (Å²) in [6.07, 6.45) is 0.264. The monoisotopic (exact) mass is 354 g/mol. The maximum Gasteiger partial charge on any atom is 0.255 e. The summed E-state index contributed by atoms with van der Waals surface area (Å²) in [7, 11) is 1.59. The molecule has 0 aromatic heterocycles. The number of carbonyl (C=O) groups excluding carboxylic acids is 2. The summed E-state index contributed by atoms with van der Waals surface area (Å²) in [5.74, 6) is 0.968. The lowest BCUT2D eigenvalue weighted by Gasteiger charge is -2.18. The zero-order valence-electron chi connectivity index (χ0n) is 14.9. The molecule has 1 fully saturated rings. The molecule has 26 heavy (non-hydrogen) atoms. The number of para-hydroxylation sites is 1. The van der Waals surface area contributed by atoms with E-state index in [2.05, 4.69) is 5.32 Å². The summed E-state index contributed by atoms with van der Waals surface area (Å²) < 4.78 is 10.7. The van der Waals surface area contributed by atoms with Crippen molar-refractivity contribution in [1.29, 1.82) is 0 Å². The van der Waals surface area contributed by atoms with Crippen molar-refractivity contribution in [2.24, 2.45) is 0 Å². The third-order valence-electron chi connectivity index (χ3n) is 4.26. The lowest BCUT2D eigenvalue weighted by Crippen LogP contribution is -2.37. The number of hydrogen-bond acceptors (Lipinski definition) is 4. The predicted molar refractivity (Wildman–Crippen MR) is 98.8 cm³/mol. The molecule has 1 aliphatic heterocycles. The molecule has 2 amide bonds. The Bertz CT molecular complexity index is 806. The molecule has 1 heterocycles. The van der Waals surface area contributed by atoms with Crippen LogP contribution in [0, 0.1) is 0 Å². The molecule has 3 rings (SSSR count). The highest BCUT2D eigenvalue weighted by atomic mass is 16.5. The number of methoxy groups -OCH3 is 1. The Morgan fingerprint density at radius 2 is 2.04 bits per heavy atom. The fourth-order valence-corrected chi connectivity index (χ4v) is 3.03. The molecule has 1 saturated heterocycles. The van der Waals surface area contributed by atoms with Gasteiger partial charge in [0.1, 0.15) is 11.5 Å². The smallest absolute Gasteiger partial charge is 0.255 e. The third kappa shape index (κ3) is 3.79. The quantitative estimate of drug-likeness (QED) is 0.866. The van der Waals surface area contributed by atoms with Crippen molar-refractivity contribution in [3.05, 3.63) is 54.1 Å². The minimum Gasteiger partial charge on any atom is -0.497 e. The summed E-state index contributed by atoms with van der Waals surface area (Å²) in [4.78, 5) is 26.7. The van der Waals surface area contributed by atoms with Crippen molar-refractivity contribution in [3.8, 4) is 11.5 Å². The van der Waals surface area contributed by atoms with E-state index >= 15 is 0 Å². The van der Waals surface area contributed by atoms with Gasteiger partial charge in [-0.3, -0.25) is 9.59 Å². The van der Waals surface area contributed by atoms with Crippen LogP contribution in [0.25, 0.3) is 0 Å². The highest BCUT2D eigenvalue weighted by Crippen LogP contribution is 2.26. The fourth-order valence-electron chi connectivity index (χ4n) is 3.03. The molecule has 2 aromatic carbocycles. The van der Waals surface area contributed by atoms with Gasteiger partial charge in [0.25, 0.3) is 5.91 Å². The van der Waals surface area contributed by atoms with Crippen molar-refractivity contribution in [3.63, 3.8) is 0 Å². The van der Waals surface area contributed by atoms with E-state index in [9.17, 15) is 9.59 Å². The van der Waals surface area contributed by atoms with E-state index < -0.39 is 0 Å². The highest BCUT2D eigenvalue weighted by Gasteiger charge is 2.32. The molecule has 0 bridgehead atoms. The summed E-state index contributed by atoms with van der Waals surface area (Å²) in [5, 5.41) is 2.94. The molecule has 6 heteroatoms. The highest BCUT2D eigenvalue weighted by molar-refractivity contribution is 6.00. The largest absolute Gasteiger partial charge is 0.497 e. The molecule has 0 radical (unpaired) electrons. The van der Waals surface area contributed by atoms with E-state index in [4.69, 9.17) is 9.47 Å². The molecule has 0 aliphatic carbocycles. The first-order chi connectivity index (χ1) is 12.6. The SMILES string of the molecule is CCOc1ccccc1C(=O)NC1CC(=O)N(c2cccc(OC)c2)C1. The predicted octanol–water partition coefficient (Wildman–Crippen LogP) is 2.63. The molecular weight excluding hydrogens is 332 g/mol. The number of nitrogens with zero attached hydrogens (tertiary/aromatic N) is 1. The van der Waals surface area contributed by atoms with Gasteiger partial charge in [0, 0.05) is 24.7 Å². The average Bonchev–Trinajstić information content (AvgIpc) is 3.02. The van der Waals surface area contributed by atoms with Crippen LogP contribution in [0.2, 0.25) is 0 Å². The Kier molecular flexibility index (Phi) is 5.41. The van der Waals surface area contributed by atoms with Crippen LogP contribution < -0.4 is 19.7 Å². The summed E-state index contributed by atoms with van der Waals surface area (Å²) in [5.41, 5.74) is 1.24. The topological polar surface area (TPSA) is 67.9 Å². The summed E-state index contributed by atoms with van der Waals surface area (Å²) >= 11 is 0. The Morgan fingerprint density at radius 1 is 1.23 bits per heavy atom. The molecule has 2 aromatic rings. The second kappa shape index (κ2) is 7.91. The van der Waals surface area contributed by atoms with E-state index in [1.54, 1.807) is 30.2 Å². The standard InChI is InChI=1S/C20H22N2O4/c1-3-26-18-10-5-4-9-17(18)20(24)21-14-11-19(23)22(13-14)15-7-6-8-16(12-15)25-2/h4-10,12,14H,3,11,13H2,1-2H3,(H,21,24). The number of ether oxygens (including phenoxy) is 2. The molecule has 136 valence electrons. The van der Waals surface area contributed by atoms with E-state index in [-0.39, 0.29) is 24.3 Å². The van der Waals surface area contributed by atoms with Crippen molar-refractivity contribution in [1.82, 2.24) is 5.32 Å². The van der Waals surface area contributed by atoms with Gasteiger partial charge in [-0.15, -0.1) is 0 Å². The molecule has 1 N–H and O–H groups in total. The van der Waals surface area contributed by atoms with Gasteiger partial charge in [0.2, 0.25) is 5.91 Å². The number of carbonyl (C=O) groups is 2. The normalized spacial score (nSPS) is 16.5. The summed E-state index contributed by atoms with van der Waals surface area (Å²) in [6.45, 7) is 2.78. The van der Waals surface area contributed by atoms with Gasteiger partial charge < -0.3 is 19.7 Å². The molecular formula is C20H22N2O4. The number of rotatable bonds is 6. The first-order valence-corrected chi connectivity index (χ1v) is 8.59. The molecule has 0 spiro atoms. The van der Waals surface area contributed by atoms with Gasteiger partial charge in [0.05, 0.1) is 25.3 Å². The van der Waals surface area contributed by atoms with Gasteiger partial charge in [-0.2, -0.15) is 0 Å². The van der Waals surface area contributed by atoms with E-state index in [0.29, 0.717) is 30.2 Å². The number of amides is 2. The Labute approximate surface area is 152 Å². The average molecular weight is 354 g/mol. The fraction of sp³-hybridized carbons (Fsp3) is 0.300. The van der Waals surface area contributed by atoms with Crippen molar-refractivity contribution in [2.75, 3.05) is 25.2 Å². The van der Waals surface area contributed by atoms with Crippen molar-refractivity contribution < 1.29 is 19.1 Å². The molecule has 1 unspecified atom stereocenters. The molecule has 1 atom stereocenters. The van der Waals surface area contributed by atoms with Gasteiger partial charge in [-0.05, 0) is 31.2 Å². The van der Waals surface area contributed by atoms with Crippen LogP contribution in [0.5, 0.6) is 11.5 Å². The molecule has 1 aliphatic rings. The number of benzene rings is 2. The van der Waals surface area contributed by atoms with Crippen LogP contribution >= 0.6 is 0 Å². The van der Waals surface area contributed by atoms with Crippen molar-refractivity contribution >= 4 is 17.5 Å². The van der Waals surface area contributed by atoms with E-state index in [0.717, 1.165) is 5.69 Å². The lowest BCUT2D eigenvalue weighted by atomic mass is 10.1. The minimum absolute atomic E-state index is 0.0263. The molecule has 6 nitrogen and oxygen atoms in total. The van der Waals surface area contributed by atoms with Crippen molar-refractivity contribution in [2.45, 2.75) is 19.4 Å². The lowest BCUT2D eigenvalue weighted by molar-refractivity contribution is -0.117. The molecule has 0 saturated carbocycles. The van der Waals surface area contributed by atoms with Gasteiger partial charge in [-0.1, -0.05) is 18.2 Å². The second-order valence-corrected chi connectivity index (χ2v) is 6.01.